The molecule has 0 aliphatic carbocycles. The van der Waals surface area contributed by atoms with Crippen molar-refractivity contribution in [2.24, 2.45) is 7.05 Å². The Balaban J connectivity index is 1.74. The number of benzene rings is 2. The molecule has 0 spiro atoms. The van der Waals surface area contributed by atoms with Gasteiger partial charge < -0.3 is 4.74 Å². The molecule has 1 aromatic heterocycles. The number of nitrogens with zero attached hydrogens (tertiary/aromatic N) is 2. The summed E-state index contributed by atoms with van der Waals surface area (Å²) in [6.07, 6.45) is 1.16. The fourth-order valence-electron chi connectivity index (χ4n) is 2.62. The van der Waals surface area contributed by atoms with Crippen molar-refractivity contribution in [1.82, 2.24) is 9.13 Å². The molecular weight excluding hydrogens is 328 g/mol. The highest BCUT2D eigenvalue weighted by atomic mass is 32.2. The second-order valence-corrected chi connectivity index (χ2v) is 7.59. The number of para-hydroxylation sites is 2. The highest BCUT2D eigenvalue weighted by Gasteiger charge is 2.10. The van der Waals surface area contributed by atoms with Crippen LogP contribution in [0.25, 0.3) is 11.0 Å². The van der Waals surface area contributed by atoms with E-state index in [1.54, 1.807) is 28.3 Å². The number of imidazole rings is 1. The van der Waals surface area contributed by atoms with Crippen LogP contribution < -0.4 is 10.4 Å². The van der Waals surface area contributed by atoms with E-state index in [0.29, 0.717) is 18.9 Å². The Bertz CT molecular complexity index is 1030. The molecule has 3 rings (SSSR count). The molecule has 0 aliphatic heterocycles. The first kappa shape index (κ1) is 16.3. The summed E-state index contributed by atoms with van der Waals surface area (Å²) < 4.78 is 31.8. The van der Waals surface area contributed by atoms with Gasteiger partial charge >= 0.3 is 5.69 Å². The van der Waals surface area contributed by atoms with Gasteiger partial charge in [-0.05, 0) is 36.4 Å². The maximum absolute atomic E-state index is 12.3. The molecule has 2 aromatic carbocycles. The van der Waals surface area contributed by atoms with Crippen molar-refractivity contribution in [3.8, 4) is 5.75 Å². The van der Waals surface area contributed by atoms with E-state index in [2.05, 4.69) is 0 Å². The number of hydrogen-bond acceptors (Lipinski definition) is 4. The number of fused-ring (bicyclic) bond motifs is 1. The summed E-state index contributed by atoms with van der Waals surface area (Å²) in [6.45, 7) is 0.722. The van der Waals surface area contributed by atoms with Crippen LogP contribution in [0.4, 0.5) is 0 Å². The van der Waals surface area contributed by atoms with E-state index in [1.165, 1.54) is 12.1 Å². The molecule has 0 saturated carbocycles. The largest absolute Gasteiger partial charge is 0.492 e. The summed E-state index contributed by atoms with van der Waals surface area (Å²) in [4.78, 5) is 12.5. The predicted octanol–water partition coefficient (Wildman–Crippen LogP) is 1.82. The first-order valence-electron chi connectivity index (χ1n) is 7.45. The summed E-state index contributed by atoms with van der Waals surface area (Å²) in [6, 6.07) is 13.8. The van der Waals surface area contributed by atoms with Gasteiger partial charge in [-0.2, -0.15) is 0 Å². The van der Waals surface area contributed by atoms with Crippen molar-refractivity contribution in [3.63, 3.8) is 0 Å². The zero-order valence-corrected chi connectivity index (χ0v) is 14.3. The predicted molar refractivity (Wildman–Crippen MR) is 92.2 cm³/mol. The lowest BCUT2D eigenvalue weighted by molar-refractivity contribution is 0.298. The molecule has 1 heterocycles. The van der Waals surface area contributed by atoms with Gasteiger partial charge in [-0.3, -0.25) is 9.13 Å². The second kappa shape index (κ2) is 6.16. The van der Waals surface area contributed by atoms with Gasteiger partial charge in [-0.1, -0.05) is 12.1 Å². The van der Waals surface area contributed by atoms with Crippen molar-refractivity contribution in [2.75, 3.05) is 12.9 Å². The zero-order valence-electron chi connectivity index (χ0n) is 13.5. The molecule has 0 saturated heterocycles. The Morgan fingerprint density at radius 3 is 2.25 bits per heavy atom. The first-order valence-corrected chi connectivity index (χ1v) is 9.34. The van der Waals surface area contributed by atoms with E-state index in [0.717, 1.165) is 17.3 Å². The molecule has 3 aromatic rings. The number of aryl methyl sites for hydroxylation is 1. The lowest BCUT2D eigenvalue weighted by Gasteiger charge is -2.08. The average molecular weight is 346 g/mol. The zero-order chi connectivity index (χ0) is 17.3. The SMILES string of the molecule is Cn1c(=O)n(CCOc2ccc(S(C)(=O)=O)cc2)c2ccccc21. The normalized spacial score (nSPS) is 11.8. The van der Waals surface area contributed by atoms with Crippen molar-refractivity contribution >= 4 is 20.9 Å². The van der Waals surface area contributed by atoms with Gasteiger partial charge in [0.15, 0.2) is 9.84 Å². The van der Waals surface area contributed by atoms with Gasteiger partial charge in [0.25, 0.3) is 0 Å². The molecule has 7 heteroatoms. The van der Waals surface area contributed by atoms with Crippen molar-refractivity contribution in [3.05, 3.63) is 59.0 Å². The molecule has 0 fully saturated rings. The van der Waals surface area contributed by atoms with Gasteiger partial charge in [0.05, 0.1) is 22.5 Å². The smallest absolute Gasteiger partial charge is 0.328 e. The van der Waals surface area contributed by atoms with Crippen LogP contribution in [0.2, 0.25) is 0 Å². The molecule has 0 bridgehead atoms. The van der Waals surface area contributed by atoms with Crippen molar-refractivity contribution in [2.45, 2.75) is 11.4 Å². The summed E-state index contributed by atoms with van der Waals surface area (Å²) in [5, 5.41) is 0. The Kier molecular flexibility index (Phi) is 4.19. The molecule has 0 unspecified atom stereocenters. The van der Waals surface area contributed by atoms with Crippen LogP contribution in [0, 0.1) is 0 Å². The van der Waals surface area contributed by atoms with E-state index in [-0.39, 0.29) is 10.6 Å². The van der Waals surface area contributed by atoms with Crippen LogP contribution in [0.15, 0.2) is 58.2 Å². The fourth-order valence-corrected chi connectivity index (χ4v) is 3.25. The van der Waals surface area contributed by atoms with Gasteiger partial charge in [0.2, 0.25) is 0 Å². The third kappa shape index (κ3) is 3.07. The van der Waals surface area contributed by atoms with E-state index in [1.807, 2.05) is 24.3 Å². The maximum atomic E-state index is 12.3. The van der Waals surface area contributed by atoms with E-state index in [4.69, 9.17) is 4.74 Å². The number of ether oxygens (including phenoxy) is 1. The van der Waals surface area contributed by atoms with E-state index < -0.39 is 9.84 Å². The summed E-state index contributed by atoms with van der Waals surface area (Å²) in [7, 11) is -1.47. The van der Waals surface area contributed by atoms with Crippen LogP contribution in [-0.2, 0) is 23.4 Å². The standard InChI is InChI=1S/C17H18N2O4S/c1-18-15-5-3-4-6-16(15)19(17(18)20)11-12-23-13-7-9-14(10-8-13)24(2,21)22/h3-10H,11-12H2,1-2H3. The minimum atomic E-state index is -3.21. The molecule has 0 aliphatic rings. The molecule has 0 radical (unpaired) electrons. The topological polar surface area (TPSA) is 70.3 Å². The lowest BCUT2D eigenvalue weighted by atomic mass is 10.3. The molecule has 0 amide bonds. The van der Waals surface area contributed by atoms with Crippen molar-refractivity contribution in [1.29, 1.82) is 0 Å². The molecular formula is C17H18N2O4S. The summed E-state index contributed by atoms with van der Waals surface area (Å²) in [5.74, 6) is 0.565. The van der Waals surface area contributed by atoms with Gasteiger partial charge in [0, 0.05) is 13.3 Å². The van der Waals surface area contributed by atoms with Crippen molar-refractivity contribution < 1.29 is 13.2 Å². The Hall–Kier alpha value is -2.54. The minimum Gasteiger partial charge on any atom is -0.492 e. The highest BCUT2D eigenvalue weighted by Crippen LogP contribution is 2.16. The van der Waals surface area contributed by atoms with E-state index >= 15 is 0 Å². The third-order valence-electron chi connectivity index (χ3n) is 3.89. The van der Waals surface area contributed by atoms with Crippen LogP contribution >= 0.6 is 0 Å². The number of sulfone groups is 1. The number of hydrogen-bond donors (Lipinski definition) is 0. The summed E-state index contributed by atoms with van der Waals surface area (Å²) in [5.41, 5.74) is 1.65. The molecule has 24 heavy (non-hydrogen) atoms. The van der Waals surface area contributed by atoms with Crippen LogP contribution in [0.5, 0.6) is 5.75 Å². The van der Waals surface area contributed by atoms with Gasteiger partial charge in [0.1, 0.15) is 12.4 Å². The van der Waals surface area contributed by atoms with Crippen LogP contribution in [0.1, 0.15) is 0 Å². The second-order valence-electron chi connectivity index (χ2n) is 5.57. The quantitative estimate of drug-likeness (QED) is 0.707. The average Bonchev–Trinajstić information content (AvgIpc) is 2.80. The van der Waals surface area contributed by atoms with Crippen LogP contribution in [-0.4, -0.2) is 30.4 Å². The van der Waals surface area contributed by atoms with E-state index in [9.17, 15) is 13.2 Å². The first-order chi connectivity index (χ1) is 11.4. The third-order valence-corrected chi connectivity index (χ3v) is 5.02. The maximum Gasteiger partial charge on any atom is 0.328 e. The minimum absolute atomic E-state index is 0.0905. The molecule has 126 valence electrons. The Labute approximate surface area is 139 Å². The highest BCUT2D eigenvalue weighted by molar-refractivity contribution is 7.90. The fraction of sp³-hybridized carbons (Fsp3) is 0.235. The van der Waals surface area contributed by atoms with Gasteiger partial charge in [-0.25, -0.2) is 13.2 Å². The Morgan fingerprint density at radius 2 is 1.62 bits per heavy atom. The number of rotatable bonds is 5. The van der Waals surface area contributed by atoms with Crippen LogP contribution in [0.3, 0.4) is 0 Å². The molecule has 0 N–H and O–H groups in total. The molecule has 6 nitrogen and oxygen atoms in total. The number of aromatic nitrogens is 2. The molecule has 0 atom stereocenters. The monoisotopic (exact) mass is 346 g/mol. The summed E-state index contributed by atoms with van der Waals surface area (Å²) >= 11 is 0. The Morgan fingerprint density at radius 1 is 1.00 bits per heavy atom. The van der Waals surface area contributed by atoms with Gasteiger partial charge in [-0.15, -0.1) is 0 Å². The lowest BCUT2D eigenvalue weighted by Crippen LogP contribution is -2.24.